The number of anilines is 2. The highest BCUT2D eigenvalue weighted by atomic mass is 16.7. The van der Waals surface area contributed by atoms with Gasteiger partial charge in [0.05, 0.1) is 35.2 Å². The van der Waals surface area contributed by atoms with Crippen LogP contribution in [0.15, 0.2) is 62.3 Å². The molecule has 0 spiro atoms. The summed E-state index contributed by atoms with van der Waals surface area (Å²) in [4.78, 5) is 61.7. The summed E-state index contributed by atoms with van der Waals surface area (Å²) in [5.41, 5.74) is -1.42. The molecule has 3 aliphatic heterocycles. The summed E-state index contributed by atoms with van der Waals surface area (Å²) in [6, 6.07) is 3.09. The number of carbonyl (C=O) groups excluding carboxylic acids is 2. The number of nitrogens with zero attached hydrogens (tertiary/aromatic N) is 2. The van der Waals surface area contributed by atoms with Crippen LogP contribution in [-0.2, 0) is 23.8 Å². The molecule has 4 heterocycles. The first kappa shape index (κ1) is 46.0. The number of esters is 1. The lowest BCUT2D eigenvalue weighted by atomic mass is 9.78. The van der Waals surface area contributed by atoms with E-state index in [4.69, 9.17) is 28.3 Å². The van der Waals surface area contributed by atoms with E-state index < -0.39 is 88.1 Å². The molecule has 1 aromatic heterocycles. The van der Waals surface area contributed by atoms with Crippen LogP contribution in [0.2, 0.25) is 0 Å². The molecule has 17 nitrogen and oxygen atoms in total. The smallest absolute Gasteiger partial charge is 0.307 e. The summed E-state index contributed by atoms with van der Waals surface area (Å²) >= 11 is 0. The van der Waals surface area contributed by atoms with Crippen LogP contribution >= 0.6 is 0 Å². The van der Waals surface area contributed by atoms with Crippen molar-refractivity contribution in [2.24, 2.45) is 23.7 Å². The number of aromatic hydroxyl groups is 1. The third-order valence-corrected chi connectivity index (χ3v) is 12.9. The fraction of sp³-hybridized carbons (Fsp3) is 0.468. The Morgan fingerprint density at radius 3 is 2.33 bits per heavy atom. The van der Waals surface area contributed by atoms with Crippen LogP contribution in [0.3, 0.4) is 0 Å². The van der Waals surface area contributed by atoms with Crippen molar-refractivity contribution in [2.45, 2.75) is 85.6 Å². The lowest BCUT2D eigenvalue weighted by Crippen LogP contribution is -2.46. The number of methoxy groups -OCH3 is 1. The number of nitrogens with one attached hydrogen (secondary N) is 2. The number of phenolic OH excluding ortho intramolecular Hbond substituents is 1. The number of rotatable bonds is 3. The number of hydrogen-bond acceptors (Lipinski definition) is 16. The third-order valence-electron chi connectivity index (χ3n) is 12.9. The van der Waals surface area contributed by atoms with Crippen LogP contribution < -0.4 is 36.3 Å². The van der Waals surface area contributed by atoms with Gasteiger partial charge in [-0.15, -0.1) is 0 Å². The number of aliphatic hydroxyl groups is 3. The number of carbonyl (C=O) groups is 2. The average molecular weight is 885 g/mol. The maximum atomic E-state index is 14.8. The fourth-order valence-corrected chi connectivity index (χ4v) is 8.98. The first-order valence-electron chi connectivity index (χ1n) is 21.4. The van der Waals surface area contributed by atoms with E-state index in [-0.39, 0.29) is 60.8 Å². The minimum Gasteiger partial charge on any atom is -0.507 e. The molecule has 64 heavy (non-hydrogen) atoms. The van der Waals surface area contributed by atoms with Crippen LogP contribution in [-0.4, -0.2) is 101 Å². The minimum atomic E-state index is -1.98. The van der Waals surface area contributed by atoms with Gasteiger partial charge in [-0.2, -0.15) is 0 Å². The number of aliphatic hydroxyl groups excluding tert-OH is 3. The summed E-state index contributed by atoms with van der Waals surface area (Å²) in [6.07, 6.45) is 3.55. The largest absolute Gasteiger partial charge is 0.507 e. The van der Waals surface area contributed by atoms with Gasteiger partial charge >= 0.3 is 11.8 Å². The molecule has 342 valence electrons. The second-order valence-corrected chi connectivity index (χ2v) is 17.3. The predicted molar refractivity (Wildman–Crippen MR) is 240 cm³/mol. The fourth-order valence-electron chi connectivity index (χ4n) is 8.98. The molecule has 17 heteroatoms. The highest BCUT2D eigenvalue weighted by Crippen LogP contribution is 2.42. The van der Waals surface area contributed by atoms with Crippen LogP contribution in [0.4, 0.5) is 11.4 Å². The summed E-state index contributed by atoms with van der Waals surface area (Å²) in [6.45, 7) is 15.2. The molecule has 0 aliphatic carbocycles. The second-order valence-electron chi connectivity index (χ2n) is 17.3. The van der Waals surface area contributed by atoms with E-state index in [2.05, 4.69) is 10.6 Å². The Bertz CT molecular complexity index is 2790. The van der Waals surface area contributed by atoms with Gasteiger partial charge in [0, 0.05) is 105 Å². The van der Waals surface area contributed by atoms with Crippen molar-refractivity contribution < 1.29 is 53.4 Å². The highest BCUT2D eigenvalue weighted by molar-refractivity contribution is 6.16. The Hall–Kier alpha value is -6.01. The van der Waals surface area contributed by atoms with E-state index in [0.717, 1.165) is 0 Å². The van der Waals surface area contributed by atoms with Crippen LogP contribution in [0.1, 0.15) is 54.0 Å². The summed E-state index contributed by atoms with van der Waals surface area (Å²) in [7, 11) is 1.44. The molecule has 7 rings (SSSR count). The summed E-state index contributed by atoms with van der Waals surface area (Å²) < 4.78 is 30.4. The lowest BCUT2D eigenvalue weighted by molar-refractivity contribution is -0.160. The van der Waals surface area contributed by atoms with Crippen molar-refractivity contribution in [3.05, 3.63) is 79.5 Å². The molecule has 4 aromatic rings. The lowest BCUT2D eigenvalue weighted by Gasteiger charge is -2.38. The van der Waals surface area contributed by atoms with Gasteiger partial charge in [0.1, 0.15) is 28.8 Å². The molecule has 0 saturated carbocycles. The average Bonchev–Trinajstić information content (AvgIpc) is 3.54. The zero-order chi connectivity index (χ0) is 46.5. The second kappa shape index (κ2) is 17.9. The van der Waals surface area contributed by atoms with Crippen LogP contribution in [0.5, 0.6) is 11.5 Å². The molecule has 3 aromatic carbocycles. The third kappa shape index (κ3) is 8.17. The van der Waals surface area contributed by atoms with Gasteiger partial charge in [0.15, 0.2) is 22.4 Å². The molecule has 1 fully saturated rings. The number of hydrogen-bond donors (Lipinski definition) is 6. The van der Waals surface area contributed by atoms with Crippen LogP contribution in [0.25, 0.3) is 38.7 Å². The molecule has 3 aliphatic rings. The standard InChI is InChI=1S/C47H56N4O13/c1-21-11-10-12-22(2)46(59)50-37-41(57)33-32(36-44(37)63-31-20-28(19-29(53)35(31)49-36)51-16-14-48-15-17-51)34-43(26(6)40(33)56)64-47(8,45(34)58)61-18-13-30(60-9)23(3)42(62-27(7)52)25(5)39(55)24(4)38(21)54/h10-13,18-21,23-25,30,38-39,42,48,54-56,58H,14-17H2,1-9H3,(H,50,59)/t21-,23+,24+,25+,30-,38-,39+,42+,47-/m0/s1. The first-order chi connectivity index (χ1) is 30.3. The molecular weight excluding hydrogens is 829 g/mol. The van der Waals surface area contributed by atoms with E-state index >= 15 is 0 Å². The molecule has 9 atom stereocenters. The van der Waals surface area contributed by atoms with Crippen molar-refractivity contribution in [3.63, 3.8) is 0 Å². The van der Waals surface area contributed by atoms with Gasteiger partial charge in [-0.3, -0.25) is 19.2 Å². The SMILES string of the molecule is CO[C@H]1C=CO[C@@]2(C)Oc3c(C)c(O)c4c(=O)c(c5oc6cc(N7CCNCC7)cc(=O)c6nc5c4c3=C2O)NC(=O)C(C)=CC=C[C@H](C)[C@H](O)[C@@H](C)[C@@H](O)[C@@H](C)[C@H](OC(C)=O)[C@@H]1C. The monoisotopic (exact) mass is 884 g/mol. The predicted octanol–water partition coefficient (Wildman–Crippen LogP) is 3.97. The van der Waals surface area contributed by atoms with Gasteiger partial charge in [-0.25, -0.2) is 4.98 Å². The van der Waals surface area contributed by atoms with Crippen molar-refractivity contribution in [3.8, 4) is 11.5 Å². The van der Waals surface area contributed by atoms with E-state index in [1.807, 2.05) is 4.90 Å². The van der Waals surface area contributed by atoms with Crippen molar-refractivity contribution >= 4 is 62.0 Å². The molecule has 1 saturated heterocycles. The number of benzene rings is 3. The number of ether oxygens (including phenoxy) is 4. The number of amides is 1. The number of fused-ring (bicyclic) bond motifs is 2. The Labute approximate surface area is 368 Å². The molecule has 1 amide bonds. The normalized spacial score (nSPS) is 28.4. The van der Waals surface area contributed by atoms with Gasteiger partial charge in [0.2, 0.25) is 10.9 Å². The zero-order valence-corrected chi connectivity index (χ0v) is 37.3. The van der Waals surface area contributed by atoms with E-state index in [1.54, 1.807) is 45.9 Å². The van der Waals surface area contributed by atoms with Crippen molar-refractivity contribution in [1.29, 1.82) is 0 Å². The molecule has 0 radical (unpaired) electrons. The van der Waals surface area contributed by atoms with Gasteiger partial charge < -0.3 is 59.3 Å². The maximum absolute atomic E-state index is 14.8. The quantitative estimate of drug-likeness (QED) is 0.0970. The Morgan fingerprint density at radius 2 is 1.66 bits per heavy atom. The van der Waals surface area contributed by atoms with Crippen LogP contribution in [0, 0.1) is 30.6 Å². The summed E-state index contributed by atoms with van der Waals surface area (Å²) in [5, 5.41) is 52.3. The number of allylic oxidation sites excluding steroid dienone is 2. The number of phenols is 1. The maximum Gasteiger partial charge on any atom is 0.307 e. The zero-order valence-electron chi connectivity index (χ0n) is 37.3. The van der Waals surface area contributed by atoms with E-state index in [0.29, 0.717) is 31.9 Å². The van der Waals surface area contributed by atoms with E-state index in [1.165, 1.54) is 59.3 Å². The Morgan fingerprint density at radius 1 is 0.953 bits per heavy atom. The Balaban J connectivity index is 1.49. The number of piperazine rings is 1. The summed E-state index contributed by atoms with van der Waals surface area (Å²) in [5.74, 6) is -6.93. The van der Waals surface area contributed by atoms with Gasteiger partial charge in [-0.05, 0) is 19.9 Å². The van der Waals surface area contributed by atoms with Gasteiger partial charge in [0.25, 0.3) is 5.91 Å². The molecular formula is C47H56N4O13. The minimum absolute atomic E-state index is 0.0287. The topological polar surface area (TPSA) is 239 Å². The first-order valence-corrected chi connectivity index (χ1v) is 21.4. The van der Waals surface area contributed by atoms with E-state index in [9.17, 15) is 39.6 Å². The molecule has 4 bridgehead atoms. The molecule has 0 unspecified atom stereocenters. The number of aromatic nitrogens is 1. The van der Waals surface area contributed by atoms with Gasteiger partial charge in [-0.1, -0.05) is 45.9 Å². The Kier molecular flexibility index (Phi) is 12.8. The highest BCUT2D eigenvalue weighted by Gasteiger charge is 2.44. The van der Waals surface area contributed by atoms with Crippen molar-refractivity contribution in [1.82, 2.24) is 10.3 Å². The van der Waals surface area contributed by atoms with Crippen molar-refractivity contribution in [2.75, 3.05) is 43.5 Å². The molecule has 6 N–H and O–H groups in total.